The molecule has 0 radical (unpaired) electrons. The molecule has 0 aliphatic rings. The van der Waals surface area contributed by atoms with Gasteiger partial charge in [-0.3, -0.25) is 9.59 Å². The summed E-state index contributed by atoms with van der Waals surface area (Å²) in [5.74, 6) is -0.634. The molecule has 0 aromatic heterocycles. The van der Waals surface area contributed by atoms with Crippen molar-refractivity contribution in [3.63, 3.8) is 0 Å². The molecule has 0 bridgehead atoms. The molecule has 0 N–H and O–H groups in total. The quantitative estimate of drug-likeness (QED) is 0.415. The number of allylic oxidation sites excluding steroid dienone is 1. The van der Waals surface area contributed by atoms with Gasteiger partial charge in [0.2, 0.25) is 0 Å². The Morgan fingerprint density at radius 1 is 1.24 bits per heavy atom. The van der Waals surface area contributed by atoms with Gasteiger partial charge in [-0.2, -0.15) is 0 Å². The van der Waals surface area contributed by atoms with Gasteiger partial charge in [0.15, 0.2) is 5.78 Å². The summed E-state index contributed by atoms with van der Waals surface area (Å²) in [5.41, 5.74) is -0.166. The predicted octanol–water partition coefficient (Wildman–Crippen LogP) is 4.40. The summed E-state index contributed by atoms with van der Waals surface area (Å²) in [7, 11) is 0. The van der Waals surface area contributed by atoms with E-state index in [-0.39, 0.29) is 12.4 Å². The Morgan fingerprint density at radius 3 is 2.43 bits per heavy atom. The van der Waals surface area contributed by atoms with Crippen molar-refractivity contribution < 1.29 is 14.3 Å². The smallest absolute Gasteiger partial charge is 0.319 e. The molecule has 0 aliphatic heterocycles. The van der Waals surface area contributed by atoms with Crippen molar-refractivity contribution in [3.05, 3.63) is 40.4 Å². The van der Waals surface area contributed by atoms with Crippen molar-refractivity contribution in [2.45, 2.75) is 33.6 Å². The molecule has 21 heavy (non-hydrogen) atoms. The topological polar surface area (TPSA) is 43.4 Å². The average molecular weight is 353 g/mol. The lowest BCUT2D eigenvalue weighted by molar-refractivity contribution is -0.159. The monoisotopic (exact) mass is 352 g/mol. The maximum absolute atomic E-state index is 12.5. The van der Waals surface area contributed by atoms with Gasteiger partial charge < -0.3 is 4.74 Å². The lowest BCUT2D eigenvalue weighted by Gasteiger charge is -2.26. The molecule has 0 fully saturated rings. The molecule has 1 aromatic rings. The molecule has 0 atom stereocenters. The molecule has 0 saturated carbocycles. The minimum atomic E-state index is -1.07. The second kappa shape index (κ2) is 8.13. The zero-order valence-electron chi connectivity index (χ0n) is 12.7. The molecule has 0 spiro atoms. The number of halogens is 1. The molecule has 3 nitrogen and oxygen atoms in total. The molecular weight excluding hydrogens is 332 g/mol. The second-order valence-electron chi connectivity index (χ2n) is 4.76. The van der Waals surface area contributed by atoms with Gasteiger partial charge in [-0.1, -0.05) is 48.0 Å². The van der Waals surface area contributed by atoms with Crippen LogP contribution in [-0.2, 0) is 14.3 Å². The van der Waals surface area contributed by atoms with Gasteiger partial charge in [0.05, 0.1) is 6.61 Å². The fourth-order valence-corrected chi connectivity index (χ4v) is 2.62. The van der Waals surface area contributed by atoms with Crippen molar-refractivity contribution in [2.24, 2.45) is 5.41 Å². The maximum atomic E-state index is 12.5. The highest BCUT2D eigenvalue weighted by Gasteiger charge is 2.42. The van der Waals surface area contributed by atoms with Gasteiger partial charge in [-0.15, -0.1) is 0 Å². The summed E-state index contributed by atoms with van der Waals surface area (Å²) in [4.78, 5) is 24.7. The molecule has 4 heteroatoms. The largest absolute Gasteiger partial charge is 0.465 e. The Hall–Kier alpha value is -1.42. The number of hydrogen-bond acceptors (Lipinski definition) is 3. The normalized spacial score (nSPS) is 11.6. The number of carbonyl (C=O) groups is 2. The first-order valence-corrected chi connectivity index (χ1v) is 7.94. The number of rotatable bonds is 7. The average Bonchev–Trinajstić information content (AvgIpc) is 2.47. The van der Waals surface area contributed by atoms with Crippen LogP contribution in [0.3, 0.4) is 0 Å². The van der Waals surface area contributed by atoms with Gasteiger partial charge in [-0.05, 0) is 43.5 Å². The number of ether oxygens (including phenoxy) is 1. The Balaban J connectivity index is 2.99. The van der Waals surface area contributed by atoms with Gasteiger partial charge >= 0.3 is 5.97 Å². The van der Waals surface area contributed by atoms with Crippen LogP contribution in [0.4, 0.5) is 0 Å². The van der Waals surface area contributed by atoms with Crippen molar-refractivity contribution in [2.75, 3.05) is 6.61 Å². The fourth-order valence-electron chi connectivity index (χ4n) is 2.20. The summed E-state index contributed by atoms with van der Waals surface area (Å²) in [5, 5.41) is 0. The van der Waals surface area contributed by atoms with E-state index in [0.29, 0.717) is 12.8 Å². The lowest BCUT2D eigenvalue weighted by atomic mass is 9.78. The van der Waals surface area contributed by atoms with E-state index < -0.39 is 11.4 Å². The first kappa shape index (κ1) is 17.6. The van der Waals surface area contributed by atoms with Crippen molar-refractivity contribution >= 4 is 33.8 Å². The Kier molecular flexibility index (Phi) is 6.82. The van der Waals surface area contributed by atoms with Gasteiger partial charge in [0, 0.05) is 4.47 Å². The Morgan fingerprint density at radius 2 is 1.90 bits per heavy atom. The molecular formula is C17H21BrO3. The van der Waals surface area contributed by atoms with E-state index in [1.54, 1.807) is 13.0 Å². The van der Waals surface area contributed by atoms with E-state index in [1.807, 2.05) is 38.1 Å². The molecule has 0 saturated heterocycles. The first-order chi connectivity index (χ1) is 10.00. The summed E-state index contributed by atoms with van der Waals surface area (Å²) < 4.78 is 6.02. The number of carbonyl (C=O) groups excluding carboxylic acids is 2. The highest BCUT2D eigenvalue weighted by molar-refractivity contribution is 9.10. The van der Waals surface area contributed by atoms with E-state index in [9.17, 15) is 9.59 Å². The lowest BCUT2D eigenvalue weighted by Crippen LogP contribution is -2.38. The van der Waals surface area contributed by atoms with Crippen LogP contribution < -0.4 is 0 Å². The zero-order chi connectivity index (χ0) is 15.9. The van der Waals surface area contributed by atoms with Crippen molar-refractivity contribution in [1.82, 2.24) is 0 Å². The summed E-state index contributed by atoms with van der Waals surface area (Å²) in [6.45, 7) is 5.70. The third kappa shape index (κ3) is 4.27. The summed E-state index contributed by atoms with van der Waals surface area (Å²) in [6.07, 6.45) is 4.08. The van der Waals surface area contributed by atoms with E-state index in [0.717, 1.165) is 10.0 Å². The third-order valence-corrected chi connectivity index (χ3v) is 4.11. The van der Waals surface area contributed by atoms with Crippen molar-refractivity contribution in [3.8, 4) is 0 Å². The number of hydrogen-bond donors (Lipinski definition) is 0. The van der Waals surface area contributed by atoms with Crippen LogP contribution >= 0.6 is 15.9 Å². The number of benzene rings is 1. The van der Waals surface area contributed by atoms with Crippen LogP contribution in [0, 0.1) is 5.41 Å². The highest BCUT2D eigenvalue weighted by atomic mass is 79.9. The van der Waals surface area contributed by atoms with Crippen LogP contribution in [0.1, 0.15) is 39.2 Å². The third-order valence-electron chi connectivity index (χ3n) is 3.62. The van der Waals surface area contributed by atoms with Gasteiger partial charge in [0.25, 0.3) is 0 Å². The summed E-state index contributed by atoms with van der Waals surface area (Å²) in [6, 6.07) is 7.62. The van der Waals surface area contributed by atoms with Crippen molar-refractivity contribution in [1.29, 1.82) is 0 Å². The Bertz CT molecular complexity index is 531. The van der Waals surface area contributed by atoms with E-state index in [4.69, 9.17) is 4.74 Å². The Labute approximate surface area is 134 Å². The molecule has 0 heterocycles. The predicted molar refractivity (Wildman–Crippen MR) is 87.8 cm³/mol. The first-order valence-electron chi connectivity index (χ1n) is 7.15. The second-order valence-corrected chi connectivity index (χ2v) is 5.68. The minimum Gasteiger partial charge on any atom is -0.465 e. The summed E-state index contributed by atoms with van der Waals surface area (Å²) >= 11 is 3.39. The van der Waals surface area contributed by atoms with Crippen LogP contribution in [0.15, 0.2) is 34.8 Å². The maximum Gasteiger partial charge on any atom is 0.319 e. The van der Waals surface area contributed by atoms with Crippen LogP contribution in [0.5, 0.6) is 0 Å². The standard InChI is InChI=1S/C17H21BrO3/c1-4-17(5-2,16(20)21-6-3)15(19)11-10-13-8-7-9-14(18)12-13/h7-12H,4-6H2,1-3H3/b11-10+. The van der Waals surface area contributed by atoms with E-state index >= 15 is 0 Å². The number of esters is 1. The fraction of sp³-hybridized carbons (Fsp3) is 0.412. The SMILES string of the molecule is CCOC(=O)C(CC)(CC)C(=O)/C=C/c1cccc(Br)c1. The molecule has 1 aromatic carbocycles. The van der Waals surface area contributed by atoms with Crippen LogP contribution in [0.2, 0.25) is 0 Å². The molecule has 1 rings (SSSR count). The zero-order valence-corrected chi connectivity index (χ0v) is 14.3. The van der Waals surface area contributed by atoms with E-state index in [2.05, 4.69) is 15.9 Å². The molecule has 0 aliphatic carbocycles. The van der Waals surface area contributed by atoms with E-state index in [1.165, 1.54) is 6.08 Å². The van der Waals surface area contributed by atoms with Crippen LogP contribution in [-0.4, -0.2) is 18.4 Å². The van der Waals surface area contributed by atoms with Gasteiger partial charge in [0.1, 0.15) is 5.41 Å². The highest BCUT2D eigenvalue weighted by Crippen LogP contribution is 2.30. The molecule has 114 valence electrons. The van der Waals surface area contributed by atoms with Crippen LogP contribution in [0.25, 0.3) is 6.08 Å². The van der Waals surface area contributed by atoms with Gasteiger partial charge in [-0.25, -0.2) is 0 Å². The minimum absolute atomic E-state index is 0.203. The molecule has 0 unspecified atom stereocenters. The molecule has 0 amide bonds. The number of ketones is 1.